The SMILES string of the molecule is CCCCOC(=O)CCN(C)CC. The Kier molecular flexibility index (Phi) is 7.69. The monoisotopic (exact) mass is 187 g/mol. The summed E-state index contributed by atoms with van der Waals surface area (Å²) in [5.41, 5.74) is 0. The van der Waals surface area contributed by atoms with Crippen molar-refractivity contribution in [1.29, 1.82) is 0 Å². The van der Waals surface area contributed by atoms with Crippen molar-refractivity contribution < 1.29 is 9.53 Å². The fourth-order valence-corrected chi connectivity index (χ4v) is 0.843. The molecule has 0 rings (SSSR count). The number of hydrogen-bond donors (Lipinski definition) is 0. The molecule has 0 saturated carbocycles. The minimum absolute atomic E-state index is 0.0752. The van der Waals surface area contributed by atoms with E-state index in [-0.39, 0.29) is 5.97 Å². The third-order valence-corrected chi connectivity index (χ3v) is 2.00. The van der Waals surface area contributed by atoms with E-state index < -0.39 is 0 Å². The molecule has 0 aromatic rings. The van der Waals surface area contributed by atoms with Crippen LogP contribution in [0.4, 0.5) is 0 Å². The molecule has 0 spiro atoms. The molecule has 0 aliphatic heterocycles. The van der Waals surface area contributed by atoms with E-state index in [2.05, 4.69) is 18.7 Å². The number of unbranched alkanes of at least 4 members (excludes halogenated alkanes) is 1. The Bertz CT molecular complexity index is 137. The van der Waals surface area contributed by atoms with E-state index in [1.54, 1.807) is 0 Å². The maximum atomic E-state index is 11.1. The number of hydrogen-bond acceptors (Lipinski definition) is 3. The van der Waals surface area contributed by atoms with Gasteiger partial charge in [-0.1, -0.05) is 20.3 Å². The summed E-state index contributed by atoms with van der Waals surface area (Å²) in [5.74, 6) is -0.0752. The van der Waals surface area contributed by atoms with Crippen LogP contribution < -0.4 is 0 Å². The first-order valence-corrected chi connectivity index (χ1v) is 5.04. The van der Waals surface area contributed by atoms with Gasteiger partial charge in [0.1, 0.15) is 0 Å². The predicted molar refractivity (Wildman–Crippen MR) is 53.7 cm³/mol. The van der Waals surface area contributed by atoms with Crippen LogP contribution in [0.25, 0.3) is 0 Å². The van der Waals surface area contributed by atoms with E-state index in [9.17, 15) is 4.79 Å². The highest BCUT2D eigenvalue weighted by atomic mass is 16.5. The second-order valence-corrected chi connectivity index (χ2v) is 3.22. The highest BCUT2D eigenvalue weighted by molar-refractivity contribution is 5.69. The minimum atomic E-state index is -0.0752. The lowest BCUT2D eigenvalue weighted by Crippen LogP contribution is -2.22. The molecule has 0 radical (unpaired) electrons. The lowest BCUT2D eigenvalue weighted by atomic mass is 10.3. The lowest BCUT2D eigenvalue weighted by molar-refractivity contribution is -0.144. The topological polar surface area (TPSA) is 29.5 Å². The molecular formula is C10H21NO2. The molecule has 0 aliphatic rings. The van der Waals surface area contributed by atoms with Gasteiger partial charge in [0.05, 0.1) is 13.0 Å². The Balaban J connectivity index is 3.30. The van der Waals surface area contributed by atoms with Crippen molar-refractivity contribution in [1.82, 2.24) is 4.90 Å². The number of carbonyl (C=O) groups is 1. The number of carbonyl (C=O) groups excluding carboxylic acids is 1. The molecule has 0 aromatic heterocycles. The summed E-state index contributed by atoms with van der Waals surface area (Å²) in [7, 11) is 2.00. The molecule has 0 unspecified atom stereocenters. The molecule has 3 nitrogen and oxygen atoms in total. The van der Waals surface area contributed by atoms with E-state index in [0.29, 0.717) is 13.0 Å². The fourth-order valence-electron chi connectivity index (χ4n) is 0.843. The van der Waals surface area contributed by atoms with E-state index >= 15 is 0 Å². The fraction of sp³-hybridized carbons (Fsp3) is 0.900. The summed E-state index contributed by atoms with van der Waals surface area (Å²) in [4.78, 5) is 13.2. The molecule has 0 atom stereocenters. The molecule has 0 N–H and O–H groups in total. The van der Waals surface area contributed by atoms with Gasteiger partial charge in [0.25, 0.3) is 0 Å². The van der Waals surface area contributed by atoms with Crippen molar-refractivity contribution in [3.8, 4) is 0 Å². The van der Waals surface area contributed by atoms with Crippen LogP contribution in [-0.4, -0.2) is 37.6 Å². The van der Waals surface area contributed by atoms with Gasteiger partial charge in [-0.15, -0.1) is 0 Å². The van der Waals surface area contributed by atoms with Crippen molar-refractivity contribution in [2.45, 2.75) is 33.1 Å². The third-order valence-electron chi connectivity index (χ3n) is 2.00. The van der Waals surface area contributed by atoms with E-state index in [1.165, 1.54) is 0 Å². The summed E-state index contributed by atoms with van der Waals surface area (Å²) in [6, 6.07) is 0. The first-order valence-electron chi connectivity index (χ1n) is 5.04. The van der Waals surface area contributed by atoms with Gasteiger partial charge in [-0.05, 0) is 20.0 Å². The summed E-state index contributed by atoms with van der Waals surface area (Å²) < 4.78 is 5.01. The van der Waals surface area contributed by atoms with Crippen molar-refractivity contribution in [3.63, 3.8) is 0 Å². The van der Waals surface area contributed by atoms with Crippen LogP contribution in [0.15, 0.2) is 0 Å². The molecule has 0 aromatic carbocycles. The number of ether oxygens (including phenoxy) is 1. The summed E-state index contributed by atoms with van der Waals surface area (Å²) in [6.07, 6.45) is 2.55. The Hall–Kier alpha value is -0.570. The Labute approximate surface area is 81.1 Å². The van der Waals surface area contributed by atoms with Crippen molar-refractivity contribution in [2.24, 2.45) is 0 Å². The van der Waals surface area contributed by atoms with Crippen LogP contribution in [0.5, 0.6) is 0 Å². The van der Waals surface area contributed by atoms with E-state index in [4.69, 9.17) is 4.74 Å². The second-order valence-electron chi connectivity index (χ2n) is 3.22. The van der Waals surface area contributed by atoms with Crippen molar-refractivity contribution in [2.75, 3.05) is 26.7 Å². The molecule has 3 heteroatoms. The predicted octanol–water partition coefficient (Wildman–Crippen LogP) is 1.67. The quantitative estimate of drug-likeness (QED) is 0.448. The number of nitrogens with zero attached hydrogens (tertiary/aromatic N) is 1. The van der Waals surface area contributed by atoms with E-state index in [0.717, 1.165) is 25.9 Å². The van der Waals surface area contributed by atoms with Gasteiger partial charge in [0.15, 0.2) is 0 Å². The van der Waals surface area contributed by atoms with Crippen molar-refractivity contribution in [3.05, 3.63) is 0 Å². The van der Waals surface area contributed by atoms with Crippen LogP contribution in [0.3, 0.4) is 0 Å². The van der Waals surface area contributed by atoms with Gasteiger partial charge < -0.3 is 9.64 Å². The summed E-state index contributed by atoms with van der Waals surface area (Å²) in [6.45, 7) is 6.50. The van der Waals surface area contributed by atoms with Crippen LogP contribution in [0.2, 0.25) is 0 Å². The minimum Gasteiger partial charge on any atom is -0.466 e. The Morgan fingerprint density at radius 2 is 2.08 bits per heavy atom. The van der Waals surface area contributed by atoms with Gasteiger partial charge in [-0.25, -0.2) is 0 Å². The summed E-state index contributed by atoms with van der Waals surface area (Å²) in [5, 5.41) is 0. The molecule has 78 valence electrons. The highest BCUT2D eigenvalue weighted by Crippen LogP contribution is 1.93. The van der Waals surface area contributed by atoms with E-state index in [1.807, 2.05) is 7.05 Å². The molecule has 0 fully saturated rings. The second kappa shape index (κ2) is 8.05. The molecule has 0 aliphatic carbocycles. The van der Waals surface area contributed by atoms with Crippen LogP contribution in [0.1, 0.15) is 33.1 Å². The molecule has 0 amide bonds. The molecule has 0 heterocycles. The average Bonchev–Trinajstić information content (AvgIpc) is 2.14. The average molecular weight is 187 g/mol. The smallest absolute Gasteiger partial charge is 0.307 e. The number of esters is 1. The van der Waals surface area contributed by atoms with Crippen molar-refractivity contribution >= 4 is 5.97 Å². The van der Waals surface area contributed by atoms with Crippen LogP contribution in [0, 0.1) is 0 Å². The standard InChI is InChI=1S/C10H21NO2/c1-4-6-9-13-10(12)7-8-11(3)5-2/h4-9H2,1-3H3. The van der Waals surface area contributed by atoms with Gasteiger partial charge in [0.2, 0.25) is 0 Å². The summed E-state index contributed by atoms with van der Waals surface area (Å²) >= 11 is 0. The van der Waals surface area contributed by atoms with Gasteiger partial charge >= 0.3 is 5.97 Å². The molecular weight excluding hydrogens is 166 g/mol. The van der Waals surface area contributed by atoms with Gasteiger partial charge in [0, 0.05) is 6.54 Å². The lowest BCUT2D eigenvalue weighted by Gasteiger charge is -2.12. The van der Waals surface area contributed by atoms with Crippen LogP contribution in [-0.2, 0) is 9.53 Å². The zero-order valence-electron chi connectivity index (χ0n) is 9.01. The molecule has 0 saturated heterocycles. The Morgan fingerprint density at radius 1 is 1.38 bits per heavy atom. The third kappa shape index (κ3) is 7.78. The first kappa shape index (κ1) is 12.4. The van der Waals surface area contributed by atoms with Crippen LogP contribution >= 0.6 is 0 Å². The highest BCUT2D eigenvalue weighted by Gasteiger charge is 2.03. The zero-order valence-corrected chi connectivity index (χ0v) is 9.01. The molecule has 13 heavy (non-hydrogen) atoms. The maximum Gasteiger partial charge on any atom is 0.307 e. The van der Waals surface area contributed by atoms with Gasteiger partial charge in [-0.2, -0.15) is 0 Å². The molecule has 0 bridgehead atoms. The first-order chi connectivity index (χ1) is 6.20. The zero-order chi connectivity index (χ0) is 10.1. The largest absolute Gasteiger partial charge is 0.466 e. The van der Waals surface area contributed by atoms with Gasteiger partial charge in [-0.3, -0.25) is 4.79 Å². The number of rotatable bonds is 7. The normalized spacial score (nSPS) is 10.5. The Morgan fingerprint density at radius 3 is 2.62 bits per heavy atom. The maximum absolute atomic E-state index is 11.1.